The van der Waals surface area contributed by atoms with Crippen LogP contribution in [0.3, 0.4) is 0 Å². The lowest BCUT2D eigenvalue weighted by Crippen LogP contribution is -2.42. The molecule has 0 saturated carbocycles. The van der Waals surface area contributed by atoms with Gasteiger partial charge < -0.3 is 9.52 Å². The first-order valence-corrected chi connectivity index (χ1v) is 6.57. The largest absolute Gasteiger partial charge is 0.475 e. The zero-order chi connectivity index (χ0) is 13.3. The van der Waals surface area contributed by atoms with Gasteiger partial charge in [-0.2, -0.15) is 0 Å². The summed E-state index contributed by atoms with van der Waals surface area (Å²) in [7, 11) is 0. The van der Waals surface area contributed by atoms with Crippen LogP contribution in [0.25, 0.3) is 0 Å². The minimum Gasteiger partial charge on any atom is -0.475 e. The quantitative estimate of drug-likeness (QED) is 0.897. The molecule has 0 radical (unpaired) electrons. The summed E-state index contributed by atoms with van der Waals surface area (Å²) in [6.07, 6.45) is 3.68. The summed E-state index contributed by atoms with van der Waals surface area (Å²) in [6, 6.07) is 2.91. The second-order valence-electron chi connectivity index (χ2n) is 5.33. The molecule has 0 spiro atoms. The lowest BCUT2D eigenvalue weighted by atomic mass is 9.97. The number of nitrogens with zero attached hydrogens (tertiary/aromatic N) is 1. The first-order valence-electron chi connectivity index (χ1n) is 6.57. The maximum atomic E-state index is 10.9. The fourth-order valence-electron chi connectivity index (χ4n) is 2.80. The second-order valence-corrected chi connectivity index (χ2v) is 5.33. The van der Waals surface area contributed by atoms with Gasteiger partial charge in [-0.05, 0) is 39.7 Å². The Bertz CT molecular complexity index is 428. The molecule has 1 aromatic rings. The average molecular weight is 251 g/mol. The first-order chi connectivity index (χ1) is 8.49. The predicted molar refractivity (Wildman–Crippen MR) is 68.7 cm³/mol. The van der Waals surface area contributed by atoms with Crippen molar-refractivity contribution >= 4 is 5.97 Å². The van der Waals surface area contributed by atoms with Crippen LogP contribution in [-0.2, 0) is 6.54 Å². The predicted octanol–water partition coefficient (Wildman–Crippen LogP) is 3.05. The molecule has 1 saturated heterocycles. The Labute approximate surface area is 108 Å². The summed E-state index contributed by atoms with van der Waals surface area (Å²) < 4.78 is 5.43. The van der Waals surface area contributed by atoms with Crippen molar-refractivity contribution in [1.29, 1.82) is 0 Å². The molecule has 1 fully saturated rings. The summed E-state index contributed by atoms with van der Waals surface area (Å²) in [5.41, 5.74) is 0.704. The minimum atomic E-state index is -0.988. The van der Waals surface area contributed by atoms with Crippen LogP contribution in [0.15, 0.2) is 10.5 Å². The van der Waals surface area contributed by atoms with Gasteiger partial charge in [-0.15, -0.1) is 0 Å². The van der Waals surface area contributed by atoms with E-state index in [0.29, 0.717) is 24.2 Å². The highest BCUT2D eigenvalue weighted by molar-refractivity contribution is 5.86. The average Bonchev–Trinajstić information content (AvgIpc) is 2.65. The van der Waals surface area contributed by atoms with Crippen molar-refractivity contribution < 1.29 is 14.3 Å². The van der Waals surface area contributed by atoms with Gasteiger partial charge in [-0.3, -0.25) is 4.90 Å². The molecule has 4 heteroatoms. The molecule has 0 aromatic carbocycles. The van der Waals surface area contributed by atoms with Gasteiger partial charge in [0, 0.05) is 17.6 Å². The van der Waals surface area contributed by atoms with E-state index in [0.717, 1.165) is 5.76 Å². The molecule has 1 aromatic heterocycles. The van der Waals surface area contributed by atoms with Crippen LogP contribution in [0.4, 0.5) is 0 Å². The van der Waals surface area contributed by atoms with Gasteiger partial charge in [-0.25, -0.2) is 4.79 Å². The third-order valence-electron chi connectivity index (χ3n) is 3.88. The van der Waals surface area contributed by atoms with Crippen molar-refractivity contribution in [3.8, 4) is 0 Å². The van der Waals surface area contributed by atoms with E-state index in [1.165, 1.54) is 19.3 Å². The summed E-state index contributed by atoms with van der Waals surface area (Å²) >= 11 is 0. The van der Waals surface area contributed by atoms with E-state index in [9.17, 15) is 4.79 Å². The molecule has 2 rings (SSSR count). The van der Waals surface area contributed by atoms with Gasteiger partial charge >= 0.3 is 5.97 Å². The molecule has 1 aliphatic rings. The van der Waals surface area contributed by atoms with Crippen molar-refractivity contribution in [2.45, 2.75) is 58.7 Å². The normalized spacial score (nSPS) is 25.3. The lowest BCUT2D eigenvalue weighted by molar-refractivity contribution is 0.0644. The van der Waals surface area contributed by atoms with Gasteiger partial charge in [0.25, 0.3) is 0 Å². The van der Waals surface area contributed by atoms with Gasteiger partial charge in [0.15, 0.2) is 0 Å². The SMILES string of the molecule is Cc1cc(CN2C(C)CCCC2C)oc1C(=O)O. The van der Waals surface area contributed by atoms with E-state index >= 15 is 0 Å². The molecule has 4 nitrogen and oxygen atoms in total. The number of aromatic carboxylic acids is 1. The van der Waals surface area contributed by atoms with Gasteiger partial charge in [0.05, 0.1) is 6.54 Å². The van der Waals surface area contributed by atoms with Crippen molar-refractivity contribution in [3.05, 3.63) is 23.2 Å². The Kier molecular flexibility index (Phi) is 3.76. The third kappa shape index (κ3) is 2.58. The van der Waals surface area contributed by atoms with E-state index in [4.69, 9.17) is 9.52 Å². The van der Waals surface area contributed by atoms with Crippen molar-refractivity contribution in [2.24, 2.45) is 0 Å². The number of carbonyl (C=O) groups is 1. The Balaban J connectivity index is 2.13. The number of likely N-dealkylation sites (tertiary alicyclic amines) is 1. The standard InChI is InChI=1S/C14H21NO3/c1-9-7-12(18-13(9)14(16)17)8-15-10(2)5-4-6-11(15)3/h7,10-11H,4-6,8H2,1-3H3,(H,16,17). The van der Waals surface area contributed by atoms with Gasteiger partial charge in [0.1, 0.15) is 5.76 Å². The number of carboxylic acids is 1. The molecule has 18 heavy (non-hydrogen) atoms. The molecule has 0 amide bonds. The van der Waals surface area contributed by atoms with E-state index in [1.54, 1.807) is 6.92 Å². The molecule has 1 aliphatic heterocycles. The fourth-order valence-corrected chi connectivity index (χ4v) is 2.80. The third-order valence-corrected chi connectivity index (χ3v) is 3.88. The molecule has 1 N–H and O–H groups in total. The van der Waals surface area contributed by atoms with Crippen LogP contribution in [0.5, 0.6) is 0 Å². The zero-order valence-electron chi connectivity index (χ0n) is 11.3. The smallest absolute Gasteiger partial charge is 0.372 e. The summed E-state index contributed by atoms with van der Waals surface area (Å²) in [6.45, 7) is 6.93. The fraction of sp³-hybridized carbons (Fsp3) is 0.643. The highest BCUT2D eigenvalue weighted by Gasteiger charge is 2.26. The summed E-state index contributed by atoms with van der Waals surface area (Å²) in [5.74, 6) is -0.161. The number of furan rings is 1. The zero-order valence-corrected chi connectivity index (χ0v) is 11.3. The number of hydrogen-bond acceptors (Lipinski definition) is 3. The Hall–Kier alpha value is -1.29. The molecular weight excluding hydrogens is 230 g/mol. The van der Waals surface area contributed by atoms with E-state index in [2.05, 4.69) is 18.7 Å². The minimum absolute atomic E-state index is 0.0716. The monoisotopic (exact) mass is 251 g/mol. The molecule has 2 heterocycles. The molecule has 0 bridgehead atoms. The van der Waals surface area contributed by atoms with E-state index in [1.807, 2.05) is 6.07 Å². The van der Waals surface area contributed by atoms with Crippen LogP contribution in [0.1, 0.15) is 55.0 Å². The second kappa shape index (κ2) is 5.14. The van der Waals surface area contributed by atoms with E-state index < -0.39 is 5.97 Å². The number of carboxylic acid groups (broad SMARTS) is 1. The summed E-state index contributed by atoms with van der Waals surface area (Å²) in [5, 5.41) is 8.98. The Morgan fingerprint density at radius 2 is 2.06 bits per heavy atom. The molecule has 2 unspecified atom stereocenters. The summed E-state index contributed by atoms with van der Waals surface area (Å²) in [4.78, 5) is 13.3. The van der Waals surface area contributed by atoms with Crippen molar-refractivity contribution in [1.82, 2.24) is 4.90 Å². The molecule has 2 atom stereocenters. The number of aryl methyl sites for hydroxylation is 1. The first kappa shape index (κ1) is 13.1. The van der Waals surface area contributed by atoms with Crippen LogP contribution >= 0.6 is 0 Å². The Morgan fingerprint density at radius 1 is 1.44 bits per heavy atom. The highest BCUT2D eigenvalue weighted by Crippen LogP contribution is 2.26. The number of rotatable bonds is 3. The topological polar surface area (TPSA) is 53.7 Å². The molecular formula is C14H21NO3. The number of hydrogen-bond donors (Lipinski definition) is 1. The van der Waals surface area contributed by atoms with Crippen LogP contribution in [0, 0.1) is 6.92 Å². The van der Waals surface area contributed by atoms with Crippen LogP contribution < -0.4 is 0 Å². The Morgan fingerprint density at radius 3 is 2.56 bits per heavy atom. The van der Waals surface area contributed by atoms with Crippen LogP contribution in [-0.4, -0.2) is 28.1 Å². The maximum absolute atomic E-state index is 10.9. The lowest BCUT2D eigenvalue weighted by Gasteiger charge is -2.38. The van der Waals surface area contributed by atoms with E-state index in [-0.39, 0.29) is 5.76 Å². The molecule has 0 aliphatic carbocycles. The van der Waals surface area contributed by atoms with Gasteiger partial charge in [0.2, 0.25) is 5.76 Å². The van der Waals surface area contributed by atoms with Crippen molar-refractivity contribution in [3.63, 3.8) is 0 Å². The number of piperidine rings is 1. The van der Waals surface area contributed by atoms with Gasteiger partial charge in [-0.1, -0.05) is 6.42 Å². The van der Waals surface area contributed by atoms with Crippen molar-refractivity contribution in [2.75, 3.05) is 0 Å². The molecule has 100 valence electrons. The maximum Gasteiger partial charge on any atom is 0.372 e. The highest BCUT2D eigenvalue weighted by atomic mass is 16.4. The van der Waals surface area contributed by atoms with Crippen LogP contribution in [0.2, 0.25) is 0 Å².